The maximum absolute atomic E-state index is 13.0. The highest BCUT2D eigenvalue weighted by atomic mass is 16.5. The first-order chi connectivity index (χ1) is 11.9. The number of hydrogen-bond acceptors (Lipinski definition) is 4. The third-order valence-electron chi connectivity index (χ3n) is 5.10. The van der Waals surface area contributed by atoms with Gasteiger partial charge >= 0.3 is 0 Å². The monoisotopic (exact) mass is 346 g/mol. The third kappa shape index (κ3) is 3.63. The number of fused-ring (bicyclic) bond motifs is 1. The summed E-state index contributed by atoms with van der Waals surface area (Å²) >= 11 is 0. The number of carbonyl (C=O) groups is 2. The maximum atomic E-state index is 13.0. The Kier molecular flexibility index (Phi) is 4.99. The fraction of sp³-hybridized carbons (Fsp3) is 0.579. The number of rotatable bonds is 3. The molecule has 6 heteroatoms. The van der Waals surface area contributed by atoms with Crippen molar-refractivity contribution in [1.82, 2.24) is 9.80 Å². The van der Waals surface area contributed by atoms with Gasteiger partial charge in [-0.25, -0.2) is 0 Å². The van der Waals surface area contributed by atoms with Crippen molar-refractivity contribution in [1.29, 1.82) is 0 Å². The smallest absolute Gasteiger partial charge is 0.256 e. The van der Waals surface area contributed by atoms with Crippen LogP contribution in [0.3, 0.4) is 0 Å². The number of β-amino-alcohol motifs (C(OH)–C–C–N with tert-alkyl or cyclic N) is 1. The molecule has 1 fully saturated rings. The zero-order valence-electron chi connectivity index (χ0n) is 15.0. The van der Waals surface area contributed by atoms with Crippen LogP contribution in [0.4, 0.5) is 0 Å². The van der Waals surface area contributed by atoms with E-state index in [4.69, 9.17) is 4.74 Å². The molecular weight excluding hydrogens is 320 g/mol. The zero-order chi connectivity index (χ0) is 18.0. The summed E-state index contributed by atoms with van der Waals surface area (Å²) in [7, 11) is 0. The third-order valence-corrected chi connectivity index (χ3v) is 5.10. The molecule has 0 aromatic heterocycles. The van der Waals surface area contributed by atoms with E-state index in [0.29, 0.717) is 39.1 Å². The molecule has 2 aliphatic rings. The molecule has 1 aromatic rings. The Labute approximate surface area is 148 Å². The van der Waals surface area contributed by atoms with Crippen LogP contribution >= 0.6 is 0 Å². The fourth-order valence-electron chi connectivity index (χ4n) is 3.74. The number of likely N-dealkylation sites (tertiary alicyclic amines) is 1. The summed E-state index contributed by atoms with van der Waals surface area (Å²) in [5.41, 5.74) is 0.806. The highest BCUT2D eigenvalue weighted by molar-refractivity contribution is 5.86. The van der Waals surface area contributed by atoms with E-state index in [1.54, 1.807) is 9.80 Å². The first-order valence-corrected chi connectivity index (χ1v) is 8.95. The zero-order valence-corrected chi connectivity index (χ0v) is 15.0. The Bertz CT molecular complexity index is 675. The van der Waals surface area contributed by atoms with E-state index < -0.39 is 5.60 Å². The van der Waals surface area contributed by atoms with Gasteiger partial charge in [0.25, 0.3) is 5.91 Å². The lowest BCUT2D eigenvalue weighted by atomic mass is 9.89. The number of piperidine rings is 1. The summed E-state index contributed by atoms with van der Waals surface area (Å²) in [6.45, 7) is 5.76. The average molecular weight is 346 g/mol. The summed E-state index contributed by atoms with van der Waals surface area (Å²) in [4.78, 5) is 27.9. The topological polar surface area (TPSA) is 70.1 Å². The van der Waals surface area contributed by atoms with Gasteiger partial charge in [0.15, 0.2) is 5.60 Å². The van der Waals surface area contributed by atoms with Crippen LogP contribution < -0.4 is 4.74 Å². The van der Waals surface area contributed by atoms with E-state index in [2.05, 4.69) is 6.07 Å². The Morgan fingerprint density at radius 2 is 2.04 bits per heavy atom. The molecule has 2 aliphatic heterocycles. The minimum Gasteiger partial charge on any atom is -0.494 e. The number of carbonyl (C=O) groups excluding carboxylic acids is 2. The molecule has 3 rings (SSSR count). The summed E-state index contributed by atoms with van der Waals surface area (Å²) in [5, 5.41) is 10.9. The fourth-order valence-corrected chi connectivity index (χ4v) is 3.74. The van der Waals surface area contributed by atoms with Crippen molar-refractivity contribution in [2.24, 2.45) is 0 Å². The number of ether oxygens (including phenoxy) is 1. The second-order valence-electron chi connectivity index (χ2n) is 6.92. The molecule has 1 atom stereocenters. The Morgan fingerprint density at radius 1 is 1.24 bits per heavy atom. The van der Waals surface area contributed by atoms with Crippen molar-refractivity contribution in [2.45, 2.75) is 45.3 Å². The molecule has 1 aromatic carbocycles. The van der Waals surface area contributed by atoms with Crippen LogP contribution in [0, 0.1) is 0 Å². The molecule has 2 amide bonds. The molecule has 1 N–H and O–H groups in total. The molecule has 1 saturated heterocycles. The molecule has 136 valence electrons. The van der Waals surface area contributed by atoms with Gasteiger partial charge in [-0.15, -0.1) is 0 Å². The molecule has 0 bridgehead atoms. The molecule has 25 heavy (non-hydrogen) atoms. The lowest BCUT2D eigenvalue weighted by Crippen LogP contribution is -2.59. The number of aliphatic hydroxyl groups is 1. The van der Waals surface area contributed by atoms with Crippen molar-refractivity contribution in [3.63, 3.8) is 0 Å². The molecule has 0 saturated carbocycles. The van der Waals surface area contributed by atoms with Crippen LogP contribution in [0.1, 0.15) is 37.8 Å². The number of hydrogen-bond donors (Lipinski definition) is 1. The van der Waals surface area contributed by atoms with Crippen LogP contribution in [0.25, 0.3) is 0 Å². The van der Waals surface area contributed by atoms with Crippen LogP contribution in [0.2, 0.25) is 0 Å². The van der Waals surface area contributed by atoms with Crippen molar-refractivity contribution in [3.8, 4) is 5.75 Å². The summed E-state index contributed by atoms with van der Waals surface area (Å²) in [6, 6.07) is 5.99. The van der Waals surface area contributed by atoms with Gasteiger partial charge in [0.1, 0.15) is 5.75 Å². The van der Waals surface area contributed by atoms with E-state index >= 15 is 0 Å². The first-order valence-electron chi connectivity index (χ1n) is 8.95. The van der Waals surface area contributed by atoms with Gasteiger partial charge in [-0.3, -0.25) is 9.59 Å². The Hall–Kier alpha value is -2.08. The number of amides is 2. The van der Waals surface area contributed by atoms with E-state index in [0.717, 1.165) is 17.7 Å². The van der Waals surface area contributed by atoms with E-state index in [9.17, 15) is 14.7 Å². The molecule has 2 heterocycles. The molecular formula is C19H26N2O4. The van der Waals surface area contributed by atoms with Gasteiger partial charge in [-0.1, -0.05) is 6.07 Å². The number of benzene rings is 1. The highest BCUT2D eigenvalue weighted by Gasteiger charge is 2.43. The average Bonchev–Trinajstić information content (AvgIpc) is 2.60. The van der Waals surface area contributed by atoms with Crippen molar-refractivity contribution >= 4 is 11.8 Å². The van der Waals surface area contributed by atoms with Gasteiger partial charge in [0.2, 0.25) is 5.91 Å². The van der Waals surface area contributed by atoms with Gasteiger partial charge in [0.05, 0.1) is 13.2 Å². The summed E-state index contributed by atoms with van der Waals surface area (Å²) in [6.07, 6.45) is 1.80. The normalized spacial score (nSPS) is 23.2. The van der Waals surface area contributed by atoms with Crippen molar-refractivity contribution in [3.05, 3.63) is 29.3 Å². The maximum Gasteiger partial charge on any atom is 0.256 e. The van der Waals surface area contributed by atoms with Gasteiger partial charge in [0, 0.05) is 26.6 Å². The predicted octanol–water partition coefficient (Wildman–Crippen LogP) is 1.34. The molecule has 6 nitrogen and oxygen atoms in total. The minimum absolute atomic E-state index is 0.0868. The lowest BCUT2D eigenvalue weighted by molar-refractivity contribution is -0.160. The molecule has 0 radical (unpaired) electrons. The second-order valence-corrected chi connectivity index (χ2v) is 6.92. The molecule has 0 aliphatic carbocycles. The van der Waals surface area contributed by atoms with Gasteiger partial charge in [-0.2, -0.15) is 0 Å². The first kappa shape index (κ1) is 17.7. The summed E-state index contributed by atoms with van der Waals surface area (Å²) < 4.78 is 5.55. The largest absolute Gasteiger partial charge is 0.494 e. The lowest BCUT2D eigenvalue weighted by Gasteiger charge is -2.41. The quantitative estimate of drug-likeness (QED) is 0.897. The van der Waals surface area contributed by atoms with Gasteiger partial charge < -0.3 is 19.6 Å². The minimum atomic E-state index is -1.47. The second kappa shape index (κ2) is 7.04. The molecule has 0 unspecified atom stereocenters. The standard InChI is InChI=1S/C19H26N2O4/c1-3-25-17-6-5-15-7-10-20(12-16(15)11-17)18(23)19(24)8-4-9-21(13-19)14(2)22/h5-6,11,24H,3-4,7-10,12-13H2,1-2H3/t19-/m0/s1. The van der Waals surface area contributed by atoms with E-state index in [1.807, 2.05) is 19.1 Å². The van der Waals surface area contributed by atoms with Crippen LogP contribution in [-0.4, -0.2) is 58.6 Å². The van der Waals surface area contributed by atoms with Crippen molar-refractivity contribution in [2.75, 3.05) is 26.2 Å². The van der Waals surface area contributed by atoms with E-state index in [1.165, 1.54) is 12.5 Å². The van der Waals surface area contributed by atoms with Crippen LogP contribution in [0.15, 0.2) is 18.2 Å². The van der Waals surface area contributed by atoms with Crippen molar-refractivity contribution < 1.29 is 19.4 Å². The Morgan fingerprint density at radius 3 is 2.76 bits per heavy atom. The molecule has 0 spiro atoms. The highest BCUT2D eigenvalue weighted by Crippen LogP contribution is 2.28. The predicted molar refractivity (Wildman–Crippen MR) is 93.2 cm³/mol. The summed E-state index contributed by atoms with van der Waals surface area (Å²) in [5.74, 6) is 0.428. The SMILES string of the molecule is CCOc1ccc2c(c1)CN(C(=O)[C@]1(O)CCCN(C(C)=O)C1)CC2. The van der Waals surface area contributed by atoms with Gasteiger partial charge in [-0.05, 0) is 49.4 Å². The van der Waals surface area contributed by atoms with E-state index in [-0.39, 0.29) is 18.4 Å². The van der Waals surface area contributed by atoms with Crippen LogP contribution in [0.5, 0.6) is 5.75 Å². The number of nitrogens with zero attached hydrogens (tertiary/aromatic N) is 2. The Balaban J connectivity index is 1.75. The van der Waals surface area contributed by atoms with Crippen LogP contribution in [-0.2, 0) is 22.6 Å².